The van der Waals surface area contributed by atoms with Gasteiger partial charge in [0.1, 0.15) is 19.0 Å². The molecule has 1 unspecified atom stereocenters. The Morgan fingerprint density at radius 2 is 1.93 bits per heavy atom. The average molecular weight is 391 g/mol. The molecule has 2 amide bonds. The van der Waals surface area contributed by atoms with Crippen molar-refractivity contribution in [1.29, 1.82) is 0 Å². The Morgan fingerprint density at radius 3 is 2.67 bits per heavy atom. The van der Waals surface area contributed by atoms with E-state index in [1.54, 1.807) is 6.07 Å². The number of carbonyl (C=O) groups is 2. The Bertz CT molecular complexity index is 871. The van der Waals surface area contributed by atoms with Gasteiger partial charge in [-0.3, -0.25) is 9.59 Å². The van der Waals surface area contributed by atoms with Crippen molar-refractivity contribution >= 4 is 23.4 Å². The number of ether oxygens (including phenoxy) is 3. The molecule has 7 nitrogen and oxygen atoms in total. The number of fused-ring (bicyclic) bond motifs is 1. The SMILES string of the molecule is CC(NC(=O)COc1ccc(Cl)cc1C(N)=O)c1ccc2c(c1)OCCO2. The number of carbonyl (C=O) groups excluding carboxylic acids is 2. The quantitative estimate of drug-likeness (QED) is 0.789. The summed E-state index contributed by atoms with van der Waals surface area (Å²) in [4.78, 5) is 23.7. The first-order chi connectivity index (χ1) is 12.9. The fraction of sp³-hybridized carbons (Fsp3) is 0.263. The molecule has 0 bridgehead atoms. The summed E-state index contributed by atoms with van der Waals surface area (Å²) in [6.07, 6.45) is 0. The van der Waals surface area contributed by atoms with Crippen LogP contribution in [0.15, 0.2) is 36.4 Å². The van der Waals surface area contributed by atoms with Crippen LogP contribution in [0.4, 0.5) is 0 Å². The van der Waals surface area contributed by atoms with E-state index < -0.39 is 5.91 Å². The number of benzene rings is 2. The number of primary amides is 1. The Kier molecular flexibility index (Phi) is 5.71. The molecular weight excluding hydrogens is 372 g/mol. The van der Waals surface area contributed by atoms with Gasteiger partial charge in [-0.25, -0.2) is 0 Å². The van der Waals surface area contributed by atoms with Crippen LogP contribution in [0.3, 0.4) is 0 Å². The molecule has 3 rings (SSSR count). The summed E-state index contributed by atoms with van der Waals surface area (Å²) in [5.74, 6) is 0.520. The zero-order valence-corrected chi connectivity index (χ0v) is 15.4. The van der Waals surface area contributed by atoms with Gasteiger partial charge in [0.25, 0.3) is 11.8 Å². The van der Waals surface area contributed by atoms with Crippen molar-refractivity contribution in [2.24, 2.45) is 5.73 Å². The van der Waals surface area contributed by atoms with Gasteiger partial charge in [-0.1, -0.05) is 17.7 Å². The molecular formula is C19H19ClN2O5. The smallest absolute Gasteiger partial charge is 0.258 e. The standard InChI is InChI=1S/C19H19ClN2O5/c1-11(12-2-4-16-17(8-12)26-7-6-25-16)22-18(23)10-27-15-5-3-13(20)9-14(15)19(21)24/h2-5,8-9,11H,6-7,10H2,1H3,(H2,21,24)(H,22,23). The first-order valence-electron chi connectivity index (χ1n) is 8.35. The van der Waals surface area contributed by atoms with E-state index in [2.05, 4.69) is 5.32 Å². The monoisotopic (exact) mass is 390 g/mol. The molecule has 1 aliphatic heterocycles. The second-order valence-corrected chi connectivity index (χ2v) is 6.42. The van der Waals surface area contributed by atoms with E-state index in [1.807, 2.05) is 25.1 Å². The third kappa shape index (κ3) is 4.62. The van der Waals surface area contributed by atoms with Crippen LogP contribution < -0.4 is 25.3 Å². The number of nitrogens with two attached hydrogens (primary N) is 1. The van der Waals surface area contributed by atoms with E-state index in [-0.39, 0.29) is 29.9 Å². The van der Waals surface area contributed by atoms with Gasteiger partial charge in [-0.2, -0.15) is 0 Å². The summed E-state index contributed by atoms with van der Waals surface area (Å²) in [5.41, 5.74) is 6.29. The fourth-order valence-electron chi connectivity index (χ4n) is 2.66. The molecule has 3 N–H and O–H groups in total. The first-order valence-corrected chi connectivity index (χ1v) is 8.73. The summed E-state index contributed by atoms with van der Waals surface area (Å²) < 4.78 is 16.5. The molecule has 0 radical (unpaired) electrons. The highest BCUT2D eigenvalue weighted by Gasteiger charge is 2.17. The van der Waals surface area contributed by atoms with Crippen LogP contribution in [0, 0.1) is 0 Å². The molecule has 0 saturated carbocycles. The summed E-state index contributed by atoms with van der Waals surface area (Å²) in [7, 11) is 0. The van der Waals surface area contributed by atoms with Gasteiger partial charge in [-0.15, -0.1) is 0 Å². The Balaban J connectivity index is 1.60. The minimum Gasteiger partial charge on any atom is -0.486 e. The highest BCUT2D eigenvalue weighted by Crippen LogP contribution is 2.32. The highest BCUT2D eigenvalue weighted by atomic mass is 35.5. The van der Waals surface area contributed by atoms with Gasteiger partial charge >= 0.3 is 0 Å². The van der Waals surface area contributed by atoms with Crippen molar-refractivity contribution in [3.05, 3.63) is 52.5 Å². The maximum Gasteiger partial charge on any atom is 0.258 e. The van der Waals surface area contributed by atoms with Crippen molar-refractivity contribution in [3.63, 3.8) is 0 Å². The molecule has 0 aromatic heterocycles. The van der Waals surface area contributed by atoms with Crippen LogP contribution >= 0.6 is 11.6 Å². The van der Waals surface area contributed by atoms with Gasteiger partial charge < -0.3 is 25.3 Å². The zero-order chi connectivity index (χ0) is 19.4. The number of hydrogen-bond acceptors (Lipinski definition) is 5. The molecule has 0 saturated heterocycles. The molecule has 0 aliphatic carbocycles. The lowest BCUT2D eigenvalue weighted by atomic mass is 10.1. The third-order valence-electron chi connectivity index (χ3n) is 4.01. The van der Waals surface area contributed by atoms with Gasteiger partial charge in [-0.05, 0) is 42.8 Å². The van der Waals surface area contributed by atoms with Crippen LogP contribution in [0.25, 0.3) is 0 Å². The van der Waals surface area contributed by atoms with Crippen LogP contribution in [0.5, 0.6) is 17.2 Å². The summed E-state index contributed by atoms with van der Waals surface area (Å²) in [6.45, 7) is 2.60. The van der Waals surface area contributed by atoms with Crippen LogP contribution in [-0.2, 0) is 4.79 Å². The molecule has 1 aliphatic rings. The van der Waals surface area contributed by atoms with E-state index in [4.69, 9.17) is 31.5 Å². The topological polar surface area (TPSA) is 99.9 Å². The Hall–Kier alpha value is -2.93. The Morgan fingerprint density at radius 1 is 1.19 bits per heavy atom. The predicted molar refractivity (Wildman–Crippen MR) is 99.5 cm³/mol. The minimum atomic E-state index is -0.683. The van der Waals surface area contributed by atoms with Crippen LogP contribution in [0.2, 0.25) is 5.02 Å². The van der Waals surface area contributed by atoms with Crippen LogP contribution in [-0.4, -0.2) is 31.6 Å². The lowest BCUT2D eigenvalue weighted by Gasteiger charge is -2.21. The van der Waals surface area contributed by atoms with E-state index in [1.165, 1.54) is 12.1 Å². The molecule has 142 valence electrons. The van der Waals surface area contributed by atoms with Gasteiger partial charge in [0.15, 0.2) is 18.1 Å². The molecule has 8 heteroatoms. The normalized spacial score (nSPS) is 13.6. The van der Waals surface area contributed by atoms with Crippen molar-refractivity contribution in [3.8, 4) is 17.2 Å². The number of nitrogens with one attached hydrogen (secondary N) is 1. The van der Waals surface area contributed by atoms with Gasteiger partial charge in [0, 0.05) is 5.02 Å². The van der Waals surface area contributed by atoms with Crippen molar-refractivity contribution in [2.75, 3.05) is 19.8 Å². The van der Waals surface area contributed by atoms with Gasteiger partial charge in [0.05, 0.1) is 11.6 Å². The molecule has 1 atom stereocenters. The number of rotatable bonds is 6. The molecule has 1 heterocycles. The number of halogens is 1. The van der Waals surface area contributed by atoms with Crippen molar-refractivity contribution in [2.45, 2.75) is 13.0 Å². The van der Waals surface area contributed by atoms with E-state index in [0.717, 1.165) is 5.56 Å². The number of hydrogen-bond donors (Lipinski definition) is 2. The third-order valence-corrected chi connectivity index (χ3v) is 4.24. The second-order valence-electron chi connectivity index (χ2n) is 5.99. The summed E-state index contributed by atoms with van der Waals surface area (Å²) in [6, 6.07) is 9.70. The molecule has 0 fully saturated rings. The van der Waals surface area contributed by atoms with Crippen molar-refractivity contribution in [1.82, 2.24) is 5.32 Å². The van der Waals surface area contributed by atoms with E-state index in [9.17, 15) is 9.59 Å². The first kappa shape index (κ1) is 18.8. The number of amides is 2. The molecule has 2 aromatic carbocycles. The average Bonchev–Trinajstić information content (AvgIpc) is 2.66. The Labute approximate surface area is 161 Å². The van der Waals surface area contributed by atoms with Crippen molar-refractivity contribution < 1.29 is 23.8 Å². The molecule has 0 spiro atoms. The van der Waals surface area contributed by atoms with E-state index >= 15 is 0 Å². The summed E-state index contributed by atoms with van der Waals surface area (Å²) in [5, 5.41) is 3.19. The summed E-state index contributed by atoms with van der Waals surface area (Å²) >= 11 is 5.85. The maximum absolute atomic E-state index is 12.2. The predicted octanol–water partition coefficient (Wildman–Crippen LogP) is 2.47. The van der Waals surface area contributed by atoms with E-state index in [0.29, 0.717) is 29.7 Å². The second kappa shape index (κ2) is 8.18. The lowest BCUT2D eigenvalue weighted by molar-refractivity contribution is -0.123. The lowest BCUT2D eigenvalue weighted by Crippen LogP contribution is -2.31. The largest absolute Gasteiger partial charge is 0.486 e. The zero-order valence-electron chi connectivity index (χ0n) is 14.7. The molecule has 2 aromatic rings. The highest BCUT2D eigenvalue weighted by molar-refractivity contribution is 6.31. The van der Waals surface area contributed by atoms with Crippen LogP contribution in [0.1, 0.15) is 28.9 Å². The maximum atomic E-state index is 12.2. The fourth-order valence-corrected chi connectivity index (χ4v) is 2.83. The minimum absolute atomic E-state index is 0.121. The van der Waals surface area contributed by atoms with Gasteiger partial charge in [0.2, 0.25) is 0 Å². The molecule has 27 heavy (non-hydrogen) atoms.